The minimum Gasteiger partial charge on any atom is -0.382 e. The van der Waals surface area contributed by atoms with E-state index in [0.717, 1.165) is 23.6 Å². The molecule has 116 valence electrons. The molecular formula is C18H28N2O. The second-order valence-electron chi connectivity index (χ2n) is 6.53. The van der Waals surface area contributed by atoms with E-state index in [-0.39, 0.29) is 5.91 Å². The zero-order valence-electron chi connectivity index (χ0n) is 13.6. The van der Waals surface area contributed by atoms with Gasteiger partial charge in [0.1, 0.15) is 0 Å². The highest BCUT2D eigenvalue weighted by Crippen LogP contribution is 2.34. The van der Waals surface area contributed by atoms with Gasteiger partial charge in [0.05, 0.1) is 5.56 Å². The van der Waals surface area contributed by atoms with E-state index in [9.17, 15) is 4.79 Å². The number of nitrogens with one attached hydrogen (secondary N) is 2. The van der Waals surface area contributed by atoms with Crippen LogP contribution in [0.15, 0.2) is 24.3 Å². The molecule has 1 saturated carbocycles. The van der Waals surface area contributed by atoms with Gasteiger partial charge in [-0.3, -0.25) is 4.79 Å². The van der Waals surface area contributed by atoms with Crippen molar-refractivity contribution in [3.05, 3.63) is 29.8 Å². The van der Waals surface area contributed by atoms with Gasteiger partial charge in [0.25, 0.3) is 5.91 Å². The number of carbonyl (C=O) groups is 1. The summed E-state index contributed by atoms with van der Waals surface area (Å²) >= 11 is 0. The van der Waals surface area contributed by atoms with Gasteiger partial charge in [0.15, 0.2) is 0 Å². The summed E-state index contributed by atoms with van der Waals surface area (Å²) in [6.07, 6.45) is 3.54. The summed E-state index contributed by atoms with van der Waals surface area (Å²) in [4.78, 5) is 12.6. The normalized spacial score (nSPS) is 25.1. The standard InChI is InChI=1S/C18H28N2O/c1-5-14-10-11-16(13(14)4)20-18(21)15-8-6-7-9-17(15)19-12(2)3/h6-9,12-14,16,19H,5,10-11H2,1-4H3,(H,20,21). The molecule has 0 aliphatic heterocycles. The van der Waals surface area contributed by atoms with Crippen LogP contribution in [0.5, 0.6) is 0 Å². The first kappa shape index (κ1) is 15.9. The van der Waals surface area contributed by atoms with Gasteiger partial charge >= 0.3 is 0 Å². The molecule has 0 radical (unpaired) electrons. The molecule has 1 aliphatic carbocycles. The Morgan fingerprint density at radius 3 is 2.62 bits per heavy atom. The van der Waals surface area contributed by atoms with Crippen LogP contribution >= 0.6 is 0 Å². The average molecular weight is 288 g/mol. The van der Waals surface area contributed by atoms with Crippen molar-refractivity contribution in [2.75, 3.05) is 5.32 Å². The molecule has 0 heterocycles. The molecule has 0 saturated heterocycles. The number of hydrogen-bond acceptors (Lipinski definition) is 2. The molecule has 3 heteroatoms. The lowest BCUT2D eigenvalue weighted by Gasteiger charge is -2.22. The molecule has 0 bridgehead atoms. The molecule has 0 spiro atoms. The third-order valence-electron chi connectivity index (χ3n) is 4.68. The molecule has 1 aromatic rings. The minimum absolute atomic E-state index is 0.0485. The molecule has 1 aromatic carbocycles. The summed E-state index contributed by atoms with van der Waals surface area (Å²) in [7, 11) is 0. The average Bonchev–Trinajstić information content (AvgIpc) is 2.79. The Morgan fingerprint density at radius 1 is 1.29 bits per heavy atom. The third-order valence-corrected chi connectivity index (χ3v) is 4.68. The second kappa shape index (κ2) is 6.97. The van der Waals surface area contributed by atoms with E-state index in [1.165, 1.54) is 12.8 Å². The quantitative estimate of drug-likeness (QED) is 0.858. The predicted octanol–water partition coefficient (Wildman–Crippen LogP) is 4.06. The number of benzene rings is 1. The van der Waals surface area contributed by atoms with Gasteiger partial charge in [-0.15, -0.1) is 0 Å². The highest BCUT2D eigenvalue weighted by atomic mass is 16.1. The van der Waals surface area contributed by atoms with E-state index >= 15 is 0 Å². The van der Waals surface area contributed by atoms with Gasteiger partial charge in [0, 0.05) is 17.8 Å². The maximum atomic E-state index is 12.6. The number of para-hydroxylation sites is 1. The first-order chi connectivity index (χ1) is 10.0. The highest BCUT2D eigenvalue weighted by molar-refractivity contribution is 5.99. The second-order valence-corrected chi connectivity index (χ2v) is 6.53. The molecule has 1 amide bonds. The Labute approximate surface area is 128 Å². The van der Waals surface area contributed by atoms with Crippen LogP contribution < -0.4 is 10.6 Å². The first-order valence-corrected chi connectivity index (χ1v) is 8.19. The number of amides is 1. The molecule has 2 N–H and O–H groups in total. The van der Waals surface area contributed by atoms with Crippen molar-refractivity contribution in [1.29, 1.82) is 0 Å². The summed E-state index contributed by atoms with van der Waals surface area (Å²) in [5, 5.41) is 6.59. The fraction of sp³-hybridized carbons (Fsp3) is 0.611. The monoisotopic (exact) mass is 288 g/mol. The lowest BCUT2D eigenvalue weighted by atomic mass is 9.93. The SMILES string of the molecule is CCC1CCC(NC(=O)c2ccccc2NC(C)C)C1C. The van der Waals surface area contributed by atoms with E-state index in [2.05, 4.69) is 38.3 Å². The van der Waals surface area contributed by atoms with Crippen molar-refractivity contribution in [2.24, 2.45) is 11.8 Å². The smallest absolute Gasteiger partial charge is 0.253 e. The maximum Gasteiger partial charge on any atom is 0.253 e. The van der Waals surface area contributed by atoms with Gasteiger partial charge in [-0.1, -0.05) is 32.4 Å². The van der Waals surface area contributed by atoms with Crippen LogP contribution in [0.25, 0.3) is 0 Å². The van der Waals surface area contributed by atoms with Crippen LogP contribution in [0.4, 0.5) is 5.69 Å². The van der Waals surface area contributed by atoms with E-state index in [1.807, 2.05) is 24.3 Å². The van der Waals surface area contributed by atoms with Crippen LogP contribution in [-0.2, 0) is 0 Å². The van der Waals surface area contributed by atoms with Gasteiger partial charge in [-0.2, -0.15) is 0 Å². The first-order valence-electron chi connectivity index (χ1n) is 8.19. The molecule has 3 unspecified atom stereocenters. The van der Waals surface area contributed by atoms with E-state index in [1.54, 1.807) is 0 Å². The van der Waals surface area contributed by atoms with Gasteiger partial charge in [-0.25, -0.2) is 0 Å². The number of hydrogen-bond donors (Lipinski definition) is 2. The van der Waals surface area contributed by atoms with Crippen molar-refractivity contribution in [3.63, 3.8) is 0 Å². The number of anilines is 1. The Balaban J connectivity index is 2.07. The third kappa shape index (κ3) is 3.78. The van der Waals surface area contributed by atoms with Crippen LogP contribution in [0, 0.1) is 11.8 Å². The van der Waals surface area contributed by atoms with Crippen LogP contribution in [0.3, 0.4) is 0 Å². The van der Waals surface area contributed by atoms with E-state index < -0.39 is 0 Å². The van der Waals surface area contributed by atoms with Crippen LogP contribution in [0.2, 0.25) is 0 Å². The molecule has 3 atom stereocenters. The molecule has 1 aliphatic rings. The summed E-state index contributed by atoms with van der Waals surface area (Å²) in [5.41, 5.74) is 1.67. The summed E-state index contributed by atoms with van der Waals surface area (Å²) in [5.74, 6) is 1.37. The Bertz CT molecular complexity index is 484. The summed E-state index contributed by atoms with van der Waals surface area (Å²) in [6, 6.07) is 8.39. The molecule has 3 nitrogen and oxygen atoms in total. The summed E-state index contributed by atoms with van der Waals surface area (Å²) < 4.78 is 0. The molecular weight excluding hydrogens is 260 g/mol. The lowest BCUT2D eigenvalue weighted by molar-refractivity contribution is 0.0927. The zero-order chi connectivity index (χ0) is 15.4. The Hall–Kier alpha value is -1.51. The lowest BCUT2D eigenvalue weighted by Crippen LogP contribution is -2.37. The van der Waals surface area contributed by atoms with Crippen molar-refractivity contribution in [1.82, 2.24) is 5.32 Å². The van der Waals surface area contributed by atoms with Crippen LogP contribution in [0.1, 0.15) is 57.3 Å². The highest BCUT2D eigenvalue weighted by Gasteiger charge is 2.32. The summed E-state index contributed by atoms with van der Waals surface area (Å²) in [6.45, 7) is 8.68. The van der Waals surface area contributed by atoms with E-state index in [4.69, 9.17) is 0 Å². The van der Waals surface area contributed by atoms with E-state index in [0.29, 0.717) is 18.0 Å². The van der Waals surface area contributed by atoms with Crippen molar-refractivity contribution >= 4 is 11.6 Å². The zero-order valence-corrected chi connectivity index (χ0v) is 13.6. The number of rotatable bonds is 5. The minimum atomic E-state index is 0.0485. The predicted molar refractivity (Wildman–Crippen MR) is 88.6 cm³/mol. The van der Waals surface area contributed by atoms with Gasteiger partial charge in [0.2, 0.25) is 0 Å². The molecule has 1 fully saturated rings. The van der Waals surface area contributed by atoms with Crippen molar-refractivity contribution in [3.8, 4) is 0 Å². The van der Waals surface area contributed by atoms with Crippen LogP contribution in [-0.4, -0.2) is 18.0 Å². The van der Waals surface area contributed by atoms with Gasteiger partial charge in [-0.05, 0) is 50.7 Å². The largest absolute Gasteiger partial charge is 0.382 e. The van der Waals surface area contributed by atoms with Crippen molar-refractivity contribution in [2.45, 2.75) is 59.0 Å². The molecule has 21 heavy (non-hydrogen) atoms. The van der Waals surface area contributed by atoms with Gasteiger partial charge < -0.3 is 10.6 Å². The fourth-order valence-electron chi connectivity index (χ4n) is 3.39. The topological polar surface area (TPSA) is 41.1 Å². The molecule has 2 rings (SSSR count). The maximum absolute atomic E-state index is 12.6. The Morgan fingerprint density at radius 2 is 2.00 bits per heavy atom. The fourth-order valence-corrected chi connectivity index (χ4v) is 3.39. The molecule has 0 aromatic heterocycles. The number of carbonyl (C=O) groups excluding carboxylic acids is 1. The van der Waals surface area contributed by atoms with Crippen molar-refractivity contribution < 1.29 is 4.79 Å². The Kier molecular flexibility index (Phi) is 5.27.